The average molecular weight is 348 g/mol. The van der Waals surface area contributed by atoms with E-state index < -0.39 is 23.5 Å². The lowest BCUT2D eigenvalue weighted by molar-refractivity contribution is -0.176. The molecular formula is C20H28O5. The Balaban J connectivity index is 2.14. The first-order valence-corrected chi connectivity index (χ1v) is 9.24. The summed E-state index contributed by atoms with van der Waals surface area (Å²) in [6.07, 6.45) is 2.30. The van der Waals surface area contributed by atoms with Crippen LogP contribution in [0.5, 0.6) is 0 Å². The van der Waals surface area contributed by atoms with Gasteiger partial charge in [-0.1, -0.05) is 27.7 Å². The lowest BCUT2D eigenvalue weighted by atomic mass is 9.53. The summed E-state index contributed by atoms with van der Waals surface area (Å²) in [7, 11) is 0. The summed E-state index contributed by atoms with van der Waals surface area (Å²) in [6, 6.07) is 0. The molecule has 0 bridgehead atoms. The van der Waals surface area contributed by atoms with Gasteiger partial charge in [-0.15, -0.1) is 0 Å². The molecule has 3 rings (SSSR count). The summed E-state index contributed by atoms with van der Waals surface area (Å²) in [6.45, 7) is 9.72. The van der Waals surface area contributed by atoms with Crippen LogP contribution < -0.4 is 0 Å². The Kier molecular flexibility index (Phi) is 4.56. The number of ether oxygens (including phenoxy) is 1. The molecule has 6 atom stereocenters. The van der Waals surface area contributed by atoms with E-state index in [9.17, 15) is 14.7 Å². The molecule has 0 unspecified atom stereocenters. The minimum atomic E-state index is -0.739. The molecule has 1 fully saturated rings. The number of carbonyl (C=O) groups excluding carboxylic acids is 2. The molecule has 25 heavy (non-hydrogen) atoms. The van der Waals surface area contributed by atoms with Crippen molar-refractivity contribution in [1.82, 2.24) is 0 Å². The van der Waals surface area contributed by atoms with Gasteiger partial charge in [0.2, 0.25) is 5.78 Å². The normalized spacial score (nSPS) is 35.7. The average Bonchev–Trinajstić information content (AvgIpc) is 2.96. The largest absolute Gasteiger partial charge is 0.460 e. The number of fused-ring (bicyclic) bond motifs is 2. The zero-order chi connectivity index (χ0) is 18.5. The molecule has 0 aliphatic heterocycles. The lowest BCUT2D eigenvalue weighted by Crippen LogP contribution is -2.55. The van der Waals surface area contributed by atoms with Gasteiger partial charge in [0.25, 0.3) is 0 Å². The second-order valence-electron chi connectivity index (χ2n) is 8.04. The van der Waals surface area contributed by atoms with E-state index in [0.29, 0.717) is 18.4 Å². The van der Waals surface area contributed by atoms with Crippen LogP contribution in [-0.2, 0) is 9.53 Å². The highest BCUT2D eigenvalue weighted by Gasteiger charge is 2.61. The predicted octanol–water partition coefficient (Wildman–Crippen LogP) is 3.83. The fraction of sp³-hybridized carbons (Fsp3) is 0.700. The summed E-state index contributed by atoms with van der Waals surface area (Å²) in [5, 5.41) is 10.6. The van der Waals surface area contributed by atoms with Crippen molar-refractivity contribution in [3.63, 3.8) is 0 Å². The SMILES string of the molecule is CC[C@H](C)C(=O)O[C@@H]1c2c(C)coc2C(=O)[C@@H]2[C@@H](O)CC[C@H](C)[C@@]12C. The van der Waals surface area contributed by atoms with Crippen LogP contribution >= 0.6 is 0 Å². The smallest absolute Gasteiger partial charge is 0.309 e. The van der Waals surface area contributed by atoms with Gasteiger partial charge in [-0.05, 0) is 37.7 Å². The van der Waals surface area contributed by atoms with Crippen LogP contribution in [0.15, 0.2) is 10.7 Å². The molecule has 0 amide bonds. The van der Waals surface area contributed by atoms with Crippen molar-refractivity contribution >= 4 is 11.8 Å². The Labute approximate surface area is 148 Å². The Morgan fingerprint density at radius 2 is 2.16 bits per heavy atom. The first-order chi connectivity index (χ1) is 11.7. The molecule has 2 aliphatic carbocycles. The monoisotopic (exact) mass is 348 g/mol. The standard InChI is InChI=1S/C20H28O5/c1-6-10(2)19(23)25-18-14-11(3)9-24-17(14)16(22)15-13(21)8-7-12(4)20(15,18)5/h9-10,12-13,15,18,21H,6-8H2,1-5H3/t10-,12-,13-,15-,18+,20+/m0/s1. The molecule has 1 N–H and O–H groups in total. The van der Waals surface area contributed by atoms with E-state index in [0.717, 1.165) is 12.0 Å². The van der Waals surface area contributed by atoms with Crippen molar-refractivity contribution in [3.05, 3.63) is 23.2 Å². The molecule has 0 spiro atoms. The number of carbonyl (C=O) groups is 2. The van der Waals surface area contributed by atoms with Crippen molar-refractivity contribution in [2.45, 2.75) is 66.1 Å². The fourth-order valence-electron chi connectivity index (χ4n) is 4.51. The Hall–Kier alpha value is -1.62. The second kappa shape index (κ2) is 6.27. The third kappa shape index (κ3) is 2.55. The van der Waals surface area contributed by atoms with Crippen LogP contribution in [-0.4, -0.2) is 23.0 Å². The zero-order valence-electron chi connectivity index (χ0n) is 15.7. The fourth-order valence-corrected chi connectivity index (χ4v) is 4.51. The summed E-state index contributed by atoms with van der Waals surface area (Å²) < 4.78 is 11.5. The first-order valence-electron chi connectivity index (χ1n) is 9.24. The van der Waals surface area contributed by atoms with Gasteiger partial charge in [-0.25, -0.2) is 0 Å². The Morgan fingerprint density at radius 1 is 1.48 bits per heavy atom. The number of aryl methyl sites for hydroxylation is 1. The maximum absolute atomic E-state index is 13.1. The predicted molar refractivity (Wildman–Crippen MR) is 92.1 cm³/mol. The van der Waals surface area contributed by atoms with E-state index in [1.165, 1.54) is 0 Å². The van der Waals surface area contributed by atoms with Crippen molar-refractivity contribution < 1.29 is 23.8 Å². The zero-order valence-corrected chi connectivity index (χ0v) is 15.7. The van der Waals surface area contributed by atoms with Crippen LogP contribution in [0, 0.1) is 30.1 Å². The van der Waals surface area contributed by atoms with Gasteiger partial charge < -0.3 is 14.3 Å². The molecule has 1 heterocycles. The van der Waals surface area contributed by atoms with Crippen LogP contribution in [0.2, 0.25) is 0 Å². The lowest BCUT2D eigenvalue weighted by Gasteiger charge is -2.53. The van der Waals surface area contributed by atoms with Crippen molar-refractivity contribution in [2.75, 3.05) is 0 Å². The van der Waals surface area contributed by atoms with E-state index in [1.807, 2.05) is 27.7 Å². The molecule has 1 aromatic heterocycles. The quantitative estimate of drug-likeness (QED) is 0.840. The van der Waals surface area contributed by atoms with Crippen molar-refractivity contribution in [3.8, 4) is 0 Å². The number of esters is 1. The topological polar surface area (TPSA) is 76.7 Å². The van der Waals surface area contributed by atoms with E-state index >= 15 is 0 Å². The van der Waals surface area contributed by atoms with E-state index in [4.69, 9.17) is 9.15 Å². The van der Waals surface area contributed by atoms with Gasteiger partial charge in [-0.3, -0.25) is 9.59 Å². The summed E-state index contributed by atoms with van der Waals surface area (Å²) in [5.74, 6) is -0.860. The van der Waals surface area contributed by atoms with Crippen LogP contribution in [0.1, 0.15) is 74.7 Å². The highest BCUT2D eigenvalue weighted by molar-refractivity contribution is 5.99. The molecule has 1 saturated carbocycles. The first kappa shape index (κ1) is 18.2. The van der Waals surface area contributed by atoms with Gasteiger partial charge in [-0.2, -0.15) is 0 Å². The Bertz CT molecular complexity index is 690. The van der Waals surface area contributed by atoms with E-state index in [2.05, 4.69) is 6.92 Å². The highest BCUT2D eigenvalue weighted by Crippen LogP contribution is 2.59. The minimum absolute atomic E-state index is 0.141. The second-order valence-corrected chi connectivity index (χ2v) is 8.04. The van der Waals surface area contributed by atoms with E-state index in [1.54, 1.807) is 6.26 Å². The molecule has 5 heteroatoms. The van der Waals surface area contributed by atoms with Gasteiger partial charge in [0, 0.05) is 11.0 Å². The van der Waals surface area contributed by atoms with Crippen LogP contribution in [0.25, 0.3) is 0 Å². The number of Topliss-reactive ketones (excluding diaryl/α,β-unsaturated/α-hetero) is 1. The van der Waals surface area contributed by atoms with Crippen molar-refractivity contribution in [2.24, 2.45) is 23.2 Å². The number of rotatable bonds is 3. The molecule has 5 nitrogen and oxygen atoms in total. The van der Waals surface area contributed by atoms with Gasteiger partial charge in [0.1, 0.15) is 6.10 Å². The number of aliphatic hydroxyl groups is 1. The number of furan rings is 1. The number of aliphatic hydroxyl groups excluding tert-OH is 1. The molecule has 0 saturated heterocycles. The van der Waals surface area contributed by atoms with Gasteiger partial charge in [0.05, 0.1) is 24.2 Å². The minimum Gasteiger partial charge on any atom is -0.460 e. The third-order valence-corrected chi connectivity index (χ3v) is 6.62. The molecule has 1 aromatic rings. The third-order valence-electron chi connectivity index (χ3n) is 6.62. The molecule has 138 valence electrons. The van der Waals surface area contributed by atoms with Gasteiger partial charge in [0.15, 0.2) is 5.76 Å². The van der Waals surface area contributed by atoms with Crippen LogP contribution in [0.4, 0.5) is 0 Å². The summed E-state index contributed by atoms with van der Waals surface area (Å²) in [5.41, 5.74) is 0.859. The van der Waals surface area contributed by atoms with Gasteiger partial charge >= 0.3 is 5.97 Å². The number of ketones is 1. The number of hydrogen-bond donors (Lipinski definition) is 1. The molecular weight excluding hydrogens is 320 g/mol. The highest BCUT2D eigenvalue weighted by atomic mass is 16.5. The van der Waals surface area contributed by atoms with E-state index in [-0.39, 0.29) is 29.3 Å². The summed E-state index contributed by atoms with van der Waals surface area (Å²) >= 11 is 0. The Morgan fingerprint density at radius 3 is 2.80 bits per heavy atom. The maximum Gasteiger partial charge on any atom is 0.309 e. The van der Waals surface area contributed by atoms with Crippen molar-refractivity contribution in [1.29, 1.82) is 0 Å². The summed E-state index contributed by atoms with van der Waals surface area (Å²) in [4.78, 5) is 25.6. The molecule has 0 aromatic carbocycles. The molecule has 2 aliphatic rings. The van der Waals surface area contributed by atoms with Crippen LogP contribution in [0.3, 0.4) is 0 Å². The maximum atomic E-state index is 13.1. The number of hydrogen-bond acceptors (Lipinski definition) is 5. The molecule has 0 radical (unpaired) electrons.